The van der Waals surface area contributed by atoms with Crippen LogP contribution in [0.15, 0.2) is 30.6 Å². The van der Waals surface area contributed by atoms with Crippen molar-refractivity contribution in [2.45, 2.75) is 0 Å². The maximum atomic E-state index is 11.0. The topological polar surface area (TPSA) is 68.0 Å². The van der Waals surface area contributed by atoms with Crippen LogP contribution in [-0.4, -0.2) is 25.8 Å². The lowest BCUT2D eigenvalue weighted by atomic mass is 10.1. The minimum Gasteiger partial charge on any atom is -0.477 e. The minimum atomic E-state index is -1.00. The lowest BCUT2D eigenvalue weighted by Gasteiger charge is -1.99. The number of carbonyl (C=O) groups is 1. The van der Waals surface area contributed by atoms with Crippen LogP contribution in [0.3, 0.4) is 0 Å². The van der Waals surface area contributed by atoms with Crippen LogP contribution >= 0.6 is 0 Å². The molecule has 1 N–H and O–H groups in total. The van der Waals surface area contributed by atoms with E-state index in [0.29, 0.717) is 11.3 Å². The maximum absolute atomic E-state index is 11.0. The predicted molar refractivity (Wildman–Crippen MR) is 53.4 cm³/mol. The molecule has 76 valence electrons. The van der Waals surface area contributed by atoms with Gasteiger partial charge in [0.15, 0.2) is 5.69 Å². The standard InChI is InChI=1S/C10H9N3O2/c1-13-9(10(14)15)7(6-12-13)8-4-2-3-5-11-8/h2-6H,1H3,(H,14,15). The third-order valence-electron chi connectivity index (χ3n) is 2.08. The SMILES string of the molecule is Cn1ncc(-c2ccccn2)c1C(=O)O. The zero-order chi connectivity index (χ0) is 10.8. The van der Waals surface area contributed by atoms with E-state index in [1.165, 1.54) is 10.9 Å². The van der Waals surface area contributed by atoms with Crippen LogP contribution in [0.2, 0.25) is 0 Å². The Labute approximate surface area is 86.0 Å². The Bertz CT molecular complexity index is 491. The van der Waals surface area contributed by atoms with Gasteiger partial charge in [-0.25, -0.2) is 4.79 Å². The number of nitrogens with zero attached hydrogens (tertiary/aromatic N) is 3. The summed E-state index contributed by atoms with van der Waals surface area (Å²) in [6, 6.07) is 5.34. The minimum absolute atomic E-state index is 0.147. The molecule has 5 heteroatoms. The van der Waals surface area contributed by atoms with E-state index < -0.39 is 5.97 Å². The molecular formula is C10H9N3O2. The fourth-order valence-electron chi connectivity index (χ4n) is 1.40. The molecule has 15 heavy (non-hydrogen) atoms. The second kappa shape index (κ2) is 3.53. The Balaban J connectivity index is 2.59. The van der Waals surface area contributed by atoms with E-state index in [1.54, 1.807) is 31.4 Å². The van der Waals surface area contributed by atoms with Gasteiger partial charge in [0.05, 0.1) is 17.5 Å². The largest absolute Gasteiger partial charge is 0.477 e. The first-order valence-electron chi connectivity index (χ1n) is 4.37. The Morgan fingerprint density at radius 1 is 1.47 bits per heavy atom. The van der Waals surface area contributed by atoms with Crippen molar-refractivity contribution in [3.63, 3.8) is 0 Å². The molecule has 0 aromatic carbocycles. The summed E-state index contributed by atoms with van der Waals surface area (Å²) in [5.41, 5.74) is 1.29. The molecule has 0 saturated heterocycles. The molecule has 0 atom stereocenters. The second-order valence-corrected chi connectivity index (χ2v) is 3.05. The number of pyridine rings is 1. The third-order valence-corrected chi connectivity index (χ3v) is 2.08. The van der Waals surface area contributed by atoms with Gasteiger partial charge in [-0.2, -0.15) is 5.10 Å². The van der Waals surface area contributed by atoms with Gasteiger partial charge < -0.3 is 5.11 Å². The molecule has 0 fully saturated rings. The first kappa shape index (κ1) is 9.39. The van der Waals surface area contributed by atoms with Gasteiger partial charge in [-0.05, 0) is 12.1 Å². The van der Waals surface area contributed by atoms with Crippen LogP contribution in [0.1, 0.15) is 10.5 Å². The molecule has 0 aliphatic carbocycles. The van der Waals surface area contributed by atoms with Crippen molar-refractivity contribution in [2.24, 2.45) is 7.05 Å². The van der Waals surface area contributed by atoms with Gasteiger partial charge in [-0.3, -0.25) is 9.67 Å². The third kappa shape index (κ3) is 1.59. The van der Waals surface area contributed by atoms with Gasteiger partial charge in [-0.15, -0.1) is 0 Å². The predicted octanol–water partition coefficient (Wildman–Crippen LogP) is 1.18. The highest BCUT2D eigenvalue weighted by Crippen LogP contribution is 2.20. The van der Waals surface area contributed by atoms with Gasteiger partial charge >= 0.3 is 5.97 Å². The Morgan fingerprint density at radius 3 is 2.87 bits per heavy atom. The molecule has 0 amide bonds. The van der Waals surface area contributed by atoms with Gasteiger partial charge in [0.25, 0.3) is 0 Å². The zero-order valence-electron chi connectivity index (χ0n) is 8.08. The summed E-state index contributed by atoms with van der Waals surface area (Å²) in [6.45, 7) is 0. The van der Waals surface area contributed by atoms with E-state index in [2.05, 4.69) is 10.1 Å². The summed E-state index contributed by atoms with van der Waals surface area (Å²) >= 11 is 0. The second-order valence-electron chi connectivity index (χ2n) is 3.05. The molecule has 2 heterocycles. The summed E-state index contributed by atoms with van der Waals surface area (Å²) in [5, 5.41) is 12.9. The number of aromatic carboxylic acids is 1. The van der Waals surface area contributed by atoms with Crippen LogP contribution in [0, 0.1) is 0 Å². The van der Waals surface area contributed by atoms with Crippen LogP contribution in [0.25, 0.3) is 11.3 Å². The van der Waals surface area contributed by atoms with Gasteiger partial charge in [0.2, 0.25) is 0 Å². The number of carboxylic acids is 1. The first-order chi connectivity index (χ1) is 7.20. The van der Waals surface area contributed by atoms with E-state index in [9.17, 15) is 4.79 Å². The van der Waals surface area contributed by atoms with Crippen LogP contribution < -0.4 is 0 Å². The molecule has 0 saturated carbocycles. The van der Waals surface area contributed by atoms with Crippen molar-refractivity contribution < 1.29 is 9.90 Å². The summed E-state index contributed by atoms with van der Waals surface area (Å²) in [6.07, 6.45) is 3.12. The molecule has 2 aromatic rings. The van der Waals surface area contributed by atoms with E-state index in [0.717, 1.165) is 0 Å². The number of aromatic nitrogens is 3. The maximum Gasteiger partial charge on any atom is 0.354 e. The lowest BCUT2D eigenvalue weighted by molar-refractivity contribution is 0.0686. The highest BCUT2D eigenvalue weighted by molar-refractivity contribution is 5.93. The van der Waals surface area contributed by atoms with Crippen LogP contribution in [0.4, 0.5) is 0 Å². The number of carboxylic acid groups (broad SMARTS) is 1. The summed E-state index contributed by atoms with van der Waals surface area (Å²) in [4.78, 5) is 15.1. The molecular weight excluding hydrogens is 194 g/mol. The van der Waals surface area contributed by atoms with Crippen molar-refractivity contribution in [1.29, 1.82) is 0 Å². The molecule has 0 radical (unpaired) electrons. The average Bonchev–Trinajstić information content (AvgIpc) is 2.61. The highest BCUT2D eigenvalue weighted by atomic mass is 16.4. The van der Waals surface area contributed by atoms with Gasteiger partial charge in [0.1, 0.15) is 0 Å². The summed E-state index contributed by atoms with van der Waals surface area (Å²) in [7, 11) is 1.59. The quantitative estimate of drug-likeness (QED) is 0.795. The number of rotatable bonds is 2. The first-order valence-corrected chi connectivity index (χ1v) is 4.37. The number of hydrogen-bond acceptors (Lipinski definition) is 3. The molecule has 2 aromatic heterocycles. The van der Waals surface area contributed by atoms with Crippen LogP contribution in [-0.2, 0) is 7.05 Å². The van der Waals surface area contributed by atoms with E-state index in [-0.39, 0.29) is 5.69 Å². The van der Waals surface area contributed by atoms with E-state index >= 15 is 0 Å². The van der Waals surface area contributed by atoms with E-state index in [4.69, 9.17) is 5.11 Å². The zero-order valence-corrected chi connectivity index (χ0v) is 8.08. The molecule has 5 nitrogen and oxygen atoms in total. The van der Waals surface area contributed by atoms with Crippen molar-refractivity contribution in [3.8, 4) is 11.3 Å². The van der Waals surface area contributed by atoms with Gasteiger partial charge in [0, 0.05) is 13.2 Å². The average molecular weight is 203 g/mol. The highest BCUT2D eigenvalue weighted by Gasteiger charge is 2.17. The summed E-state index contributed by atoms with van der Waals surface area (Å²) < 4.78 is 1.33. The number of aryl methyl sites for hydroxylation is 1. The number of hydrogen-bond donors (Lipinski definition) is 1. The van der Waals surface area contributed by atoms with Gasteiger partial charge in [-0.1, -0.05) is 6.07 Å². The van der Waals surface area contributed by atoms with E-state index in [1.807, 2.05) is 0 Å². The Morgan fingerprint density at radius 2 is 2.27 bits per heavy atom. The van der Waals surface area contributed by atoms with Crippen molar-refractivity contribution in [1.82, 2.24) is 14.8 Å². The summed E-state index contributed by atoms with van der Waals surface area (Å²) in [5.74, 6) is -1.00. The molecule has 2 rings (SSSR count). The normalized spacial score (nSPS) is 10.2. The molecule has 0 aliphatic heterocycles. The molecule has 0 spiro atoms. The monoisotopic (exact) mass is 203 g/mol. The van der Waals surface area contributed by atoms with Crippen LogP contribution in [0.5, 0.6) is 0 Å². The van der Waals surface area contributed by atoms with Crippen molar-refractivity contribution in [3.05, 3.63) is 36.3 Å². The fourth-order valence-corrected chi connectivity index (χ4v) is 1.40. The fraction of sp³-hybridized carbons (Fsp3) is 0.100. The Hall–Kier alpha value is -2.17. The Kier molecular flexibility index (Phi) is 2.21. The smallest absolute Gasteiger partial charge is 0.354 e. The lowest BCUT2D eigenvalue weighted by Crippen LogP contribution is -2.06. The van der Waals surface area contributed by atoms with Crippen molar-refractivity contribution in [2.75, 3.05) is 0 Å². The molecule has 0 bridgehead atoms. The van der Waals surface area contributed by atoms with Crippen molar-refractivity contribution >= 4 is 5.97 Å². The molecule has 0 aliphatic rings. The molecule has 0 unspecified atom stereocenters.